The van der Waals surface area contributed by atoms with Gasteiger partial charge >= 0.3 is 6.03 Å². The average molecular weight is 209 g/mol. The Morgan fingerprint density at radius 3 is 2.67 bits per heavy atom. The largest absolute Gasteiger partial charge is 0.508 e. The van der Waals surface area contributed by atoms with Gasteiger partial charge in [-0.2, -0.15) is 0 Å². The van der Waals surface area contributed by atoms with Gasteiger partial charge in [0.1, 0.15) is 5.75 Å². The Bertz CT molecular complexity index is 379. The standard InChI is InChI=1S/C9H11N3O3/c10-9(15)12-11-8(14)5-6-2-1-3-7(13)4-6/h1-4,13H,5H2,(H,11,14)(H3,10,12,15). The fraction of sp³-hybridized carbons (Fsp3) is 0.111. The highest BCUT2D eigenvalue weighted by Gasteiger charge is 2.03. The lowest BCUT2D eigenvalue weighted by atomic mass is 10.1. The summed E-state index contributed by atoms with van der Waals surface area (Å²) >= 11 is 0. The molecule has 0 saturated carbocycles. The Morgan fingerprint density at radius 2 is 2.07 bits per heavy atom. The Labute approximate surface area is 86.1 Å². The molecule has 0 bridgehead atoms. The van der Waals surface area contributed by atoms with Gasteiger partial charge in [0.2, 0.25) is 5.91 Å². The summed E-state index contributed by atoms with van der Waals surface area (Å²) in [5.41, 5.74) is 9.45. The van der Waals surface area contributed by atoms with E-state index in [2.05, 4.69) is 5.43 Å². The summed E-state index contributed by atoms with van der Waals surface area (Å²) in [7, 11) is 0. The van der Waals surface area contributed by atoms with Crippen LogP contribution in [-0.4, -0.2) is 17.0 Å². The molecule has 0 spiro atoms. The summed E-state index contributed by atoms with van der Waals surface area (Å²) in [5.74, 6) is -0.331. The van der Waals surface area contributed by atoms with Crippen LogP contribution in [-0.2, 0) is 11.2 Å². The van der Waals surface area contributed by atoms with Gasteiger partial charge in [0, 0.05) is 0 Å². The lowest BCUT2D eigenvalue weighted by Gasteiger charge is -2.04. The molecule has 80 valence electrons. The third-order valence-electron chi connectivity index (χ3n) is 1.60. The van der Waals surface area contributed by atoms with E-state index < -0.39 is 11.9 Å². The van der Waals surface area contributed by atoms with Gasteiger partial charge in [0.05, 0.1) is 6.42 Å². The van der Waals surface area contributed by atoms with Crippen molar-refractivity contribution < 1.29 is 14.7 Å². The molecular weight excluding hydrogens is 198 g/mol. The first-order chi connectivity index (χ1) is 7.08. The number of urea groups is 1. The van der Waals surface area contributed by atoms with Gasteiger partial charge in [0.25, 0.3) is 0 Å². The van der Waals surface area contributed by atoms with E-state index in [-0.39, 0.29) is 12.2 Å². The molecule has 15 heavy (non-hydrogen) atoms. The monoisotopic (exact) mass is 209 g/mol. The van der Waals surface area contributed by atoms with Crippen LogP contribution in [0.1, 0.15) is 5.56 Å². The van der Waals surface area contributed by atoms with Crippen molar-refractivity contribution in [3.63, 3.8) is 0 Å². The SMILES string of the molecule is NC(=O)NNC(=O)Cc1cccc(O)c1. The van der Waals surface area contributed by atoms with E-state index in [1.54, 1.807) is 12.1 Å². The fourth-order valence-electron chi connectivity index (χ4n) is 1.03. The van der Waals surface area contributed by atoms with Gasteiger partial charge in [-0.15, -0.1) is 0 Å². The summed E-state index contributed by atoms with van der Waals surface area (Å²) in [6.07, 6.45) is 0.0503. The second-order valence-electron chi connectivity index (χ2n) is 2.88. The molecular formula is C9H11N3O3. The van der Waals surface area contributed by atoms with Crippen LogP contribution in [0.15, 0.2) is 24.3 Å². The maximum absolute atomic E-state index is 11.2. The van der Waals surface area contributed by atoms with Crippen LogP contribution in [0, 0.1) is 0 Å². The second kappa shape index (κ2) is 4.85. The Kier molecular flexibility index (Phi) is 3.50. The number of carbonyl (C=O) groups excluding carboxylic acids is 2. The number of hydrogen-bond donors (Lipinski definition) is 4. The number of benzene rings is 1. The quantitative estimate of drug-likeness (QED) is 0.499. The average Bonchev–Trinajstić information content (AvgIpc) is 2.15. The summed E-state index contributed by atoms with van der Waals surface area (Å²) in [6.45, 7) is 0. The predicted octanol–water partition coefficient (Wildman–Crippen LogP) is -0.366. The molecule has 0 atom stereocenters. The summed E-state index contributed by atoms with van der Waals surface area (Å²) < 4.78 is 0. The first kappa shape index (κ1) is 10.8. The Morgan fingerprint density at radius 1 is 1.33 bits per heavy atom. The van der Waals surface area contributed by atoms with Gasteiger partial charge in [-0.05, 0) is 17.7 Å². The number of phenolic OH excluding ortho intramolecular Hbond substituents is 1. The minimum atomic E-state index is -0.834. The van der Waals surface area contributed by atoms with Gasteiger partial charge in [-0.3, -0.25) is 10.2 Å². The maximum atomic E-state index is 11.2. The molecule has 1 aromatic rings. The summed E-state index contributed by atoms with van der Waals surface area (Å²) in [6, 6.07) is 5.44. The second-order valence-corrected chi connectivity index (χ2v) is 2.88. The lowest BCUT2D eigenvalue weighted by molar-refractivity contribution is -0.121. The molecule has 3 amide bonds. The molecule has 1 rings (SSSR count). The Hall–Kier alpha value is -2.24. The molecule has 5 N–H and O–H groups in total. The number of nitrogens with one attached hydrogen (secondary N) is 2. The maximum Gasteiger partial charge on any atom is 0.330 e. The van der Waals surface area contributed by atoms with E-state index >= 15 is 0 Å². The van der Waals surface area contributed by atoms with E-state index in [1.165, 1.54) is 12.1 Å². The molecule has 0 aliphatic rings. The Balaban J connectivity index is 2.48. The first-order valence-corrected chi connectivity index (χ1v) is 4.20. The summed E-state index contributed by atoms with van der Waals surface area (Å²) in [4.78, 5) is 21.4. The molecule has 6 heteroatoms. The molecule has 0 heterocycles. The van der Waals surface area contributed by atoms with Crippen molar-refractivity contribution in [1.82, 2.24) is 10.9 Å². The molecule has 0 fully saturated rings. The third kappa shape index (κ3) is 3.99. The van der Waals surface area contributed by atoms with Crippen molar-refractivity contribution in [2.45, 2.75) is 6.42 Å². The normalized spacial score (nSPS) is 9.33. The predicted molar refractivity (Wildman–Crippen MR) is 52.7 cm³/mol. The van der Waals surface area contributed by atoms with Crippen LogP contribution in [0.25, 0.3) is 0 Å². The van der Waals surface area contributed by atoms with E-state index in [0.29, 0.717) is 5.56 Å². The molecule has 0 unspecified atom stereocenters. The molecule has 0 radical (unpaired) electrons. The zero-order valence-electron chi connectivity index (χ0n) is 7.86. The van der Waals surface area contributed by atoms with Crippen molar-refractivity contribution in [2.24, 2.45) is 5.73 Å². The van der Waals surface area contributed by atoms with Gasteiger partial charge in [0.15, 0.2) is 0 Å². The smallest absolute Gasteiger partial charge is 0.330 e. The zero-order valence-corrected chi connectivity index (χ0v) is 7.86. The van der Waals surface area contributed by atoms with E-state index in [1.807, 2.05) is 5.43 Å². The minimum absolute atomic E-state index is 0.0503. The van der Waals surface area contributed by atoms with Gasteiger partial charge in [-0.25, -0.2) is 10.2 Å². The topological polar surface area (TPSA) is 104 Å². The molecule has 0 aromatic heterocycles. The van der Waals surface area contributed by atoms with Crippen LogP contribution in [0.2, 0.25) is 0 Å². The minimum Gasteiger partial charge on any atom is -0.508 e. The number of amides is 3. The summed E-state index contributed by atoms with van der Waals surface area (Å²) in [5, 5.41) is 9.12. The van der Waals surface area contributed by atoms with Crippen LogP contribution in [0.5, 0.6) is 5.75 Å². The number of rotatable bonds is 2. The number of carbonyl (C=O) groups is 2. The number of primary amides is 1. The van der Waals surface area contributed by atoms with Crippen molar-refractivity contribution in [3.8, 4) is 5.75 Å². The molecule has 0 saturated heterocycles. The number of hydrogen-bond acceptors (Lipinski definition) is 3. The van der Waals surface area contributed by atoms with Gasteiger partial charge in [-0.1, -0.05) is 12.1 Å². The number of hydrazine groups is 1. The van der Waals surface area contributed by atoms with E-state index in [4.69, 9.17) is 10.8 Å². The highest BCUT2D eigenvalue weighted by atomic mass is 16.3. The fourth-order valence-corrected chi connectivity index (χ4v) is 1.03. The zero-order chi connectivity index (χ0) is 11.3. The first-order valence-electron chi connectivity index (χ1n) is 4.20. The third-order valence-corrected chi connectivity index (χ3v) is 1.60. The van der Waals surface area contributed by atoms with Crippen molar-refractivity contribution in [3.05, 3.63) is 29.8 Å². The lowest BCUT2D eigenvalue weighted by Crippen LogP contribution is -2.45. The van der Waals surface area contributed by atoms with Crippen molar-refractivity contribution >= 4 is 11.9 Å². The van der Waals surface area contributed by atoms with Crippen LogP contribution < -0.4 is 16.6 Å². The molecule has 6 nitrogen and oxygen atoms in total. The number of nitrogens with two attached hydrogens (primary N) is 1. The highest BCUT2D eigenvalue weighted by molar-refractivity contribution is 5.81. The number of aromatic hydroxyl groups is 1. The van der Waals surface area contributed by atoms with Crippen molar-refractivity contribution in [2.75, 3.05) is 0 Å². The van der Waals surface area contributed by atoms with Crippen molar-refractivity contribution in [1.29, 1.82) is 0 Å². The molecule has 0 aliphatic heterocycles. The highest BCUT2D eigenvalue weighted by Crippen LogP contribution is 2.10. The number of phenols is 1. The van der Waals surface area contributed by atoms with Crippen LogP contribution in [0.3, 0.4) is 0 Å². The van der Waals surface area contributed by atoms with Gasteiger partial charge < -0.3 is 10.8 Å². The van der Waals surface area contributed by atoms with E-state index in [9.17, 15) is 9.59 Å². The van der Waals surface area contributed by atoms with E-state index in [0.717, 1.165) is 0 Å². The molecule has 0 aliphatic carbocycles. The van der Waals surface area contributed by atoms with Crippen LogP contribution >= 0.6 is 0 Å². The molecule has 1 aromatic carbocycles. The van der Waals surface area contributed by atoms with Crippen LogP contribution in [0.4, 0.5) is 4.79 Å².